The minimum atomic E-state index is 0.332. The van der Waals surface area contributed by atoms with E-state index in [-0.39, 0.29) is 0 Å². The topological polar surface area (TPSA) is 39.7 Å². The van der Waals surface area contributed by atoms with Gasteiger partial charge in [0.05, 0.1) is 33.5 Å². The molecule has 2 rings (SSSR count). The van der Waals surface area contributed by atoms with Crippen LogP contribution in [0.1, 0.15) is 24.9 Å². The summed E-state index contributed by atoms with van der Waals surface area (Å²) < 4.78 is 15.8. The third kappa shape index (κ3) is 2.76. The number of nitrogens with one attached hydrogen (secondary N) is 1. The molecule has 100 valence electrons. The summed E-state index contributed by atoms with van der Waals surface area (Å²) in [6, 6.07) is 6.89. The van der Waals surface area contributed by atoms with Crippen LogP contribution in [0, 0.1) is 0 Å². The largest absolute Gasteiger partial charge is 0.493 e. The molecule has 1 aliphatic rings. The summed E-state index contributed by atoms with van der Waals surface area (Å²) in [7, 11) is 3.31. The molecule has 1 unspecified atom stereocenters. The molecule has 0 aliphatic carbocycles. The first-order valence-corrected chi connectivity index (χ1v) is 6.34. The summed E-state index contributed by atoms with van der Waals surface area (Å²) >= 11 is 0. The van der Waals surface area contributed by atoms with Gasteiger partial charge in [-0.25, -0.2) is 0 Å². The zero-order valence-electron chi connectivity index (χ0n) is 11.2. The highest BCUT2D eigenvalue weighted by Gasteiger charge is 2.22. The molecule has 1 aromatic rings. The first kappa shape index (κ1) is 13.2. The summed E-state index contributed by atoms with van der Waals surface area (Å²) in [5, 5.41) is 3.59. The van der Waals surface area contributed by atoms with Gasteiger partial charge < -0.3 is 19.5 Å². The summed E-state index contributed by atoms with van der Waals surface area (Å²) in [5.41, 5.74) is 1.22. The lowest BCUT2D eigenvalue weighted by molar-refractivity contribution is -0.0103. The maximum absolute atomic E-state index is 5.34. The standard InChI is InChI=1S/C14H21NO3/c1-4-12(15-11-8-18-9-11)10-5-6-13(16-2)14(7-10)17-3/h5-7,11-12,15H,4,8-9H2,1-3H3. The van der Waals surface area contributed by atoms with E-state index >= 15 is 0 Å². The van der Waals surface area contributed by atoms with E-state index in [0.29, 0.717) is 12.1 Å². The van der Waals surface area contributed by atoms with Crippen molar-refractivity contribution >= 4 is 0 Å². The molecule has 0 saturated carbocycles. The molecule has 1 atom stereocenters. The third-order valence-electron chi connectivity index (χ3n) is 3.29. The van der Waals surface area contributed by atoms with E-state index in [1.807, 2.05) is 12.1 Å². The van der Waals surface area contributed by atoms with Crippen LogP contribution in [0.3, 0.4) is 0 Å². The molecule has 0 bridgehead atoms. The Morgan fingerprint density at radius 2 is 2.00 bits per heavy atom. The van der Waals surface area contributed by atoms with Gasteiger partial charge >= 0.3 is 0 Å². The van der Waals surface area contributed by atoms with Crippen LogP contribution in [-0.2, 0) is 4.74 Å². The van der Waals surface area contributed by atoms with Crippen LogP contribution in [-0.4, -0.2) is 33.5 Å². The predicted octanol–water partition coefficient (Wildman–Crippen LogP) is 2.14. The Balaban J connectivity index is 2.13. The molecule has 18 heavy (non-hydrogen) atoms. The molecule has 1 heterocycles. The van der Waals surface area contributed by atoms with Gasteiger partial charge in [-0.15, -0.1) is 0 Å². The number of hydrogen-bond acceptors (Lipinski definition) is 4. The zero-order valence-corrected chi connectivity index (χ0v) is 11.2. The number of methoxy groups -OCH3 is 2. The van der Waals surface area contributed by atoms with Crippen molar-refractivity contribution in [3.05, 3.63) is 23.8 Å². The van der Waals surface area contributed by atoms with Gasteiger partial charge in [0.15, 0.2) is 11.5 Å². The quantitative estimate of drug-likeness (QED) is 0.841. The first-order valence-electron chi connectivity index (χ1n) is 6.34. The average Bonchev–Trinajstić information content (AvgIpc) is 2.37. The van der Waals surface area contributed by atoms with E-state index in [0.717, 1.165) is 31.1 Å². The Hall–Kier alpha value is -1.26. The smallest absolute Gasteiger partial charge is 0.161 e. The molecule has 1 aliphatic heterocycles. The van der Waals surface area contributed by atoms with Crippen molar-refractivity contribution in [2.75, 3.05) is 27.4 Å². The third-order valence-corrected chi connectivity index (χ3v) is 3.29. The van der Waals surface area contributed by atoms with Crippen molar-refractivity contribution in [3.63, 3.8) is 0 Å². The van der Waals surface area contributed by atoms with E-state index in [1.165, 1.54) is 5.56 Å². The van der Waals surface area contributed by atoms with Crippen molar-refractivity contribution in [1.29, 1.82) is 0 Å². The Morgan fingerprint density at radius 3 is 2.50 bits per heavy atom. The van der Waals surface area contributed by atoms with E-state index in [2.05, 4.69) is 18.3 Å². The minimum absolute atomic E-state index is 0.332. The van der Waals surface area contributed by atoms with Crippen molar-refractivity contribution in [1.82, 2.24) is 5.32 Å². The second-order valence-electron chi connectivity index (χ2n) is 4.48. The van der Waals surface area contributed by atoms with E-state index in [9.17, 15) is 0 Å². The zero-order chi connectivity index (χ0) is 13.0. The van der Waals surface area contributed by atoms with Gasteiger partial charge in [0.2, 0.25) is 0 Å². The van der Waals surface area contributed by atoms with Crippen molar-refractivity contribution in [2.24, 2.45) is 0 Å². The summed E-state index contributed by atoms with van der Waals surface area (Å²) in [6.45, 7) is 3.79. The second-order valence-corrected chi connectivity index (χ2v) is 4.48. The Morgan fingerprint density at radius 1 is 1.28 bits per heavy atom. The normalized spacial score (nSPS) is 17.1. The lowest BCUT2D eigenvalue weighted by Gasteiger charge is -2.31. The maximum Gasteiger partial charge on any atom is 0.161 e. The maximum atomic E-state index is 5.34. The fourth-order valence-electron chi connectivity index (χ4n) is 2.14. The molecular formula is C14H21NO3. The van der Waals surface area contributed by atoms with E-state index < -0.39 is 0 Å². The number of hydrogen-bond donors (Lipinski definition) is 1. The van der Waals surface area contributed by atoms with Gasteiger partial charge in [-0.1, -0.05) is 13.0 Å². The van der Waals surface area contributed by atoms with Gasteiger partial charge in [-0.3, -0.25) is 0 Å². The van der Waals surface area contributed by atoms with Gasteiger partial charge in [0.1, 0.15) is 0 Å². The van der Waals surface area contributed by atoms with Crippen LogP contribution in [0.5, 0.6) is 11.5 Å². The minimum Gasteiger partial charge on any atom is -0.493 e. The van der Waals surface area contributed by atoms with Gasteiger partial charge in [-0.2, -0.15) is 0 Å². The van der Waals surface area contributed by atoms with Crippen molar-refractivity contribution < 1.29 is 14.2 Å². The highest BCUT2D eigenvalue weighted by molar-refractivity contribution is 5.43. The molecule has 4 heteroatoms. The van der Waals surface area contributed by atoms with Crippen LogP contribution < -0.4 is 14.8 Å². The van der Waals surface area contributed by atoms with Crippen molar-refractivity contribution in [2.45, 2.75) is 25.4 Å². The fraction of sp³-hybridized carbons (Fsp3) is 0.571. The van der Waals surface area contributed by atoms with Crippen LogP contribution in [0.2, 0.25) is 0 Å². The second kappa shape index (κ2) is 6.07. The van der Waals surface area contributed by atoms with Crippen molar-refractivity contribution in [3.8, 4) is 11.5 Å². The first-order chi connectivity index (χ1) is 8.78. The molecule has 1 fully saturated rings. The molecule has 1 saturated heterocycles. The van der Waals surface area contributed by atoms with Gasteiger partial charge in [0, 0.05) is 6.04 Å². The molecular weight excluding hydrogens is 230 g/mol. The summed E-state index contributed by atoms with van der Waals surface area (Å²) in [5.74, 6) is 1.54. The monoisotopic (exact) mass is 251 g/mol. The number of ether oxygens (including phenoxy) is 3. The molecule has 1 N–H and O–H groups in total. The van der Waals surface area contributed by atoms with Crippen LogP contribution in [0.25, 0.3) is 0 Å². The Labute approximate surface area is 108 Å². The number of rotatable bonds is 6. The average molecular weight is 251 g/mol. The summed E-state index contributed by atoms with van der Waals surface area (Å²) in [4.78, 5) is 0. The lowest BCUT2D eigenvalue weighted by Crippen LogP contribution is -2.47. The Kier molecular flexibility index (Phi) is 4.44. The fourth-order valence-corrected chi connectivity index (χ4v) is 2.14. The Bertz CT molecular complexity index is 391. The molecule has 0 aromatic heterocycles. The molecule has 0 spiro atoms. The number of benzene rings is 1. The SMILES string of the molecule is CCC(NC1COC1)c1ccc(OC)c(OC)c1. The van der Waals surface area contributed by atoms with Gasteiger partial charge in [0.25, 0.3) is 0 Å². The van der Waals surface area contributed by atoms with Crippen LogP contribution in [0.4, 0.5) is 0 Å². The molecule has 4 nitrogen and oxygen atoms in total. The highest BCUT2D eigenvalue weighted by Crippen LogP contribution is 2.31. The van der Waals surface area contributed by atoms with E-state index in [4.69, 9.17) is 14.2 Å². The molecule has 1 aromatic carbocycles. The van der Waals surface area contributed by atoms with E-state index in [1.54, 1.807) is 14.2 Å². The molecule has 0 radical (unpaired) electrons. The van der Waals surface area contributed by atoms with Gasteiger partial charge in [-0.05, 0) is 24.1 Å². The van der Waals surface area contributed by atoms with Crippen LogP contribution in [0.15, 0.2) is 18.2 Å². The highest BCUT2D eigenvalue weighted by atomic mass is 16.5. The van der Waals surface area contributed by atoms with Crippen LogP contribution >= 0.6 is 0 Å². The summed E-state index contributed by atoms with van der Waals surface area (Å²) in [6.07, 6.45) is 1.03. The lowest BCUT2D eigenvalue weighted by atomic mass is 10.0. The predicted molar refractivity (Wildman–Crippen MR) is 70.3 cm³/mol. The molecule has 0 amide bonds.